The van der Waals surface area contributed by atoms with E-state index < -0.39 is 5.92 Å². The molecule has 1 aliphatic heterocycles. The van der Waals surface area contributed by atoms with Gasteiger partial charge < -0.3 is 5.11 Å². The van der Waals surface area contributed by atoms with E-state index in [1.807, 2.05) is 6.07 Å². The van der Waals surface area contributed by atoms with Crippen molar-refractivity contribution in [2.45, 2.75) is 10.9 Å². The maximum atomic E-state index is 12.9. The van der Waals surface area contributed by atoms with E-state index in [0.29, 0.717) is 21.7 Å². The molecule has 2 aromatic rings. The molecule has 1 aliphatic carbocycles. The summed E-state index contributed by atoms with van der Waals surface area (Å²) < 4.78 is 1.46. The summed E-state index contributed by atoms with van der Waals surface area (Å²) in [7, 11) is 0. The predicted molar refractivity (Wildman–Crippen MR) is 93.7 cm³/mol. The minimum absolute atomic E-state index is 0.0737. The Labute approximate surface area is 146 Å². The summed E-state index contributed by atoms with van der Waals surface area (Å²) in [5.74, 6) is 0.0869. The molecule has 1 aromatic carbocycles. The monoisotopic (exact) mass is 360 g/mol. The van der Waals surface area contributed by atoms with E-state index >= 15 is 0 Å². The van der Waals surface area contributed by atoms with E-state index in [1.165, 1.54) is 16.3 Å². The lowest BCUT2D eigenvalue weighted by atomic mass is 9.94. The Balaban J connectivity index is 1.89. The highest BCUT2D eigenvalue weighted by Crippen LogP contribution is 2.36. The molecule has 0 radical (unpaired) electrons. The molecule has 5 nitrogen and oxygen atoms in total. The summed E-state index contributed by atoms with van der Waals surface area (Å²) >= 11 is 7.47. The first-order chi connectivity index (χ1) is 11.6. The summed E-state index contributed by atoms with van der Waals surface area (Å²) in [5.41, 5.74) is 0.283. The number of nitrogens with zero attached hydrogens (tertiary/aromatic N) is 2. The lowest BCUT2D eigenvalue weighted by molar-refractivity contribution is 0.0950. The molecule has 2 heterocycles. The second kappa shape index (κ2) is 5.88. The molecule has 0 amide bonds. The fraction of sp³-hybridized carbons (Fsp3) is 0.235. The molecule has 24 heavy (non-hydrogen) atoms. The number of hydrogen-bond donors (Lipinski definition) is 1. The van der Waals surface area contributed by atoms with Crippen LogP contribution in [0.1, 0.15) is 16.7 Å². The molecule has 7 heteroatoms. The number of fused-ring (bicyclic) bond motifs is 4. The molecule has 122 valence electrons. The molecule has 0 spiro atoms. The highest BCUT2D eigenvalue weighted by atomic mass is 35.5. The Morgan fingerprint density at radius 3 is 2.96 bits per heavy atom. The van der Waals surface area contributed by atoms with Crippen molar-refractivity contribution in [2.75, 3.05) is 12.4 Å². The number of aliphatic hydroxyl groups is 1. The number of ketones is 1. The van der Waals surface area contributed by atoms with Gasteiger partial charge in [-0.15, -0.1) is 11.8 Å². The summed E-state index contributed by atoms with van der Waals surface area (Å²) in [6.45, 7) is 0.0737. The normalized spacial score (nSPS) is 21.8. The van der Waals surface area contributed by atoms with Crippen molar-refractivity contribution in [2.24, 2.45) is 5.92 Å². The molecule has 2 atom stereocenters. The van der Waals surface area contributed by atoms with Crippen LogP contribution in [-0.2, 0) is 0 Å². The topological polar surface area (TPSA) is 72.2 Å². The molecule has 4 rings (SSSR count). The molecule has 1 aromatic heterocycles. The Morgan fingerprint density at radius 2 is 2.17 bits per heavy atom. The average Bonchev–Trinajstić information content (AvgIpc) is 2.85. The van der Waals surface area contributed by atoms with E-state index in [2.05, 4.69) is 4.98 Å². The van der Waals surface area contributed by atoms with Crippen LogP contribution in [0.3, 0.4) is 0 Å². The maximum Gasteiger partial charge on any atom is 0.262 e. The van der Waals surface area contributed by atoms with Crippen molar-refractivity contribution in [1.82, 2.24) is 9.55 Å². The van der Waals surface area contributed by atoms with Crippen LogP contribution in [0.5, 0.6) is 0 Å². The van der Waals surface area contributed by atoms with E-state index in [0.717, 1.165) is 4.90 Å². The van der Waals surface area contributed by atoms with Crippen LogP contribution in [0.15, 0.2) is 51.1 Å². The fourth-order valence-electron chi connectivity index (χ4n) is 3.14. The van der Waals surface area contributed by atoms with Gasteiger partial charge in [0.25, 0.3) is 5.56 Å². The Morgan fingerprint density at radius 1 is 1.33 bits per heavy atom. The van der Waals surface area contributed by atoms with E-state index in [-0.39, 0.29) is 29.8 Å². The van der Waals surface area contributed by atoms with Crippen LogP contribution in [0.4, 0.5) is 0 Å². The number of carbonyl (C=O) groups is 1. The lowest BCUT2D eigenvalue weighted by Crippen LogP contribution is -2.25. The zero-order valence-corrected chi connectivity index (χ0v) is 14.0. The largest absolute Gasteiger partial charge is 0.396 e. The third-order valence-corrected chi connectivity index (χ3v) is 5.44. The Bertz CT molecular complexity index is 980. The number of benzene rings is 1. The minimum Gasteiger partial charge on any atom is -0.396 e. The smallest absolute Gasteiger partial charge is 0.262 e. The zero-order valence-electron chi connectivity index (χ0n) is 12.5. The summed E-state index contributed by atoms with van der Waals surface area (Å²) in [6.07, 6.45) is 5.16. The third kappa shape index (κ3) is 2.33. The second-order valence-corrected chi connectivity index (χ2v) is 7.26. The lowest BCUT2D eigenvalue weighted by Gasteiger charge is -2.17. The number of allylic oxidation sites excluding steroid dienone is 4. The van der Waals surface area contributed by atoms with Gasteiger partial charge in [-0.2, -0.15) is 0 Å². The molecule has 0 bridgehead atoms. The Kier molecular flexibility index (Phi) is 3.83. The molecule has 2 unspecified atom stereocenters. The van der Waals surface area contributed by atoms with Gasteiger partial charge in [0.05, 0.1) is 29.5 Å². The first-order valence-corrected chi connectivity index (χ1v) is 8.86. The standard InChI is InChI=1S/C17H13ClN2O3S/c18-9-1-4-14-12(7-9)15(22)16-19-13-8-10(24-6-5-21)2-3-11(13)17(23)20(14)16/h1-4,7-8,12,14,21H,5-6H2. The van der Waals surface area contributed by atoms with Crippen LogP contribution in [0.2, 0.25) is 0 Å². The molecular weight excluding hydrogens is 348 g/mol. The Hall–Kier alpha value is -1.89. The first kappa shape index (κ1) is 15.6. The van der Waals surface area contributed by atoms with Crippen LogP contribution in [0.25, 0.3) is 10.9 Å². The second-order valence-electron chi connectivity index (χ2n) is 5.65. The van der Waals surface area contributed by atoms with Gasteiger partial charge in [-0.3, -0.25) is 14.2 Å². The van der Waals surface area contributed by atoms with Crippen LogP contribution < -0.4 is 5.56 Å². The van der Waals surface area contributed by atoms with Crippen LogP contribution >= 0.6 is 23.4 Å². The van der Waals surface area contributed by atoms with Gasteiger partial charge in [-0.1, -0.05) is 23.8 Å². The summed E-state index contributed by atoms with van der Waals surface area (Å²) in [5, 5.41) is 9.91. The van der Waals surface area contributed by atoms with Gasteiger partial charge in [0.15, 0.2) is 5.82 Å². The van der Waals surface area contributed by atoms with Crippen molar-refractivity contribution >= 4 is 40.0 Å². The fourth-order valence-corrected chi connectivity index (χ4v) is 4.04. The van der Waals surface area contributed by atoms with E-state index in [9.17, 15) is 9.59 Å². The van der Waals surface area contributed by atoms with E-state index in [4.69, 9.17) is 16.7 Å². The number of aliphatic hydroxyl groups excluding tert-OH is 1. The van der Waals surface area contributed by atoms with Gasteiger partial charge in [0, 0.05) is 15.7 Å². The van der Waals surface area contributed by atoms with Gasteiger partial charge in [-0.05, 0) is 24.3 Å². The molecule has 1 N–H and O–H groups in total. The highest BCUT2D eigenvalue weighted by Gasteiger charge is 2.40. The van der Waals surface area contributed by atoms with Crippen molar-refractivity contribution in [3.63, 3.8) is 0 Å². The highest BCUT2D eigenvalue weighted by molar-refractivity contribution is 7.99. The maximum absolute atomic E-state index is 12.9. The average molecular weight is 361 g/mol. The van der Waals surface area contributed by atoms with Crippen LogP contribution in [0, 0.1) is 5.92 Å². The van der Waals surface area contributed by atoms with E-state index in [1.54, 1.807) is 30.4 Å². The molecule has 2 aliphatic rings. The summed E-state index contributed by atoms with van der Waals surface area (Å²) in [4.78, 5) is 30.8. The van der Waals surface area contributed by atoms with Crippen molar-refractivity contribution in [3.8, 4) is 0 Å². The van der Waals surface area contributed by atoms with Gasteiger partial charge in [0.2, 0.25) is 5.78 Å². The number of Topliss-reactive ketones (excluding diaryl/α,β-unsaturated/α-hetero) is 1. The molecule has 0 saturated carbocycles. The number of aromatic nitrogens is 2. The van der Waals surface area contributed by atoms with Gasteiger partial charge in [-0.25, -0.2) is 4.98 Å². The molecule has 0 saturated heterocycles. The molecular formula is C17H13ClN2O3S. The zero-order chi connectivity index (χ0) is 16.8. The SMILES string of the molecule is O=C1c2nc3cc(SCCO)ccc3c(=O)n2C2C=CC(Cl)=CC12. The quantitative estimate of drug-likeness (QED) is 0.851. The third-order valence-electron chi connectivity index (χ3n) is 4.21. The number of carbonyl (C=O) groups excluding carboxylic acids is 1. The van der Waals surface area contributed by atoms with Gasteiger partial charge >= 0.3 is 0 Å². The predicted octanol–water partition coefficient (Wildman–Crippen LogP) is 2.53. The van der Waals surface area contributed by atoms with Crippen molar-refractivity contribution in [3.05, 3.63) is 57.6 Å². The first-order valence-electron chi connectivity index (χ1n) is 7.50. The molecule has 0 fully saturated rings. The number of rotatable bonds is 3. The minimum atomic E-state index is -0.470. The van der Waals surface area contributed by atoms with Crippen molar-refractivity contribution < 1.29 is 9.90 Å². The number of thioether (sulfide) groups is 1. The van der Waals surface area contributed by atoms with Gasteiger partial charge in [0.1, 0.15) is 0 Å². The van der Waals surface area contributed by atoms with Crippen LogP contribution in [-0.4, -0.2) is 32.8 Å². The summed E-state index contributed by atoms with van der Waals surface area (Å²) in [6, 6.07) is 4.99. The van der Waals surface area contributed by atoms with Crippen molar-refractivity contribution in [1.29, 1.82) is 0 Å². The number of halogens is 1. The number of hydrogen-bond acceptors (Lipinski definition) is 5.